The lowest BCUT2D eigenvalue weighted by Gasteiger charge is -2.31. The van der Waals surface area contributed by atoms with Gasteiger partial charge in [0.05, 0.1) is 5.75 Å². The van der Waals surface area contributed by atoms with E-state index >= 15 is 0 Å². The summed E-state index contributed by atoms with van der Waals surface area (Å²) < 4.78 is 22.2. The van der Waals surface area contributed by atoms with Crippen LogP contribution in [-0.2, 0) is 16.4 Å². The number of hydrogen-bond acceptors (Lipinski definition) is 3. The van der Waals surface area contributed by atoms with Crippen molar-refractivity contribution in [3.05, 3.63) is 34.9 Å². The largest absolute Gasteiger partial charge is 0.338 e. The molecule has 23 heavy (non-hydrogen) atoms. The van der Waals surface area contributed by atoms with Crippen molar-refractivity contribution >= 4 is 27.7 Å². The Hall–Kier alpha value is -1.31. The number of sulfonamides is 1. The van der Waals surface area contributed by atoms with Gasteiger partial charge in [0.15, 0.2) is 0 Å². The van der Waals surface area contributed by atoms with Gasteiger partial charge in [-0.15, -0.1) is 0 Å². The van der Waals surface area contributed by atoms with E-state index in [4.69, 9.17) is 16.7 Å². The summed E-state index contributed by atoms with van der Waals surface area (Å²) in [7, 11) is -3.44. The number of amides is 2. The number of urea groups is 1. The maximum Gasteiger partial charge on any atom is 0.317 e. The summed E-state index contributed by atoms with van der Waals surface area (Å²) in [4.78, 5) is 13.8. The Kier molecular flexibility index (Phi) is 6.26. The number of primary sulfonamides is 1. The highest BCUT2D eigenvalue weighted by Gasteiger charge is 2.25. The summed E-state index contributed by atoms with van der Waals surface area (Å²) in [6.45, 7) is 1.66. The van der Waals surface area contributed by atoms with Crippen molar-refractivity contribution in [1.82, 2.24) is 10.2 Å². The quantitative estimate of drug-likeness (QED) is 0.836. The molecular formula is C15H22ClN3O3S. The molecule has 1 aromatic carbocycles. The summed E-state index contributed by atoms with van der Waals surface area (Å²) >= 11 is 5.92. The summed E-state index contributed by atoms with van der Waals surface area (Å²) in [5.74, 6) is 0.0394. The third kappa shape index (κ3) is 6.37. The van der Waals surface area contributed by atoms with Crippen molar-refractivity contribution in [2.45, 2.75) is 19.3 Å². The number of likely N-dealkylation sites (tertiary alicyclic amines) is 1. The molecular weight excluding hydrogens is 338 g/mol. The molecule has 1 aliphatic heterocycles. The maximum absolute atomic E-state index is 12.1. The number of rotatable bonds is 5. The third-order valence-corrected chi connectivity index (χ3v) is 5.12. The Labute approximate surface area is 142 Å². The molecule has 0 unspecified atom stereocenters. The van der Waals surface area contributed by atoms with Crippen LogP contribution in [0.5, 0.6) is 0 Å². The first-order valence-electron chi connectivity index (χ1n) is 7.61. The van der Waals surface area contributed by atoms with Crippen molar-refractivity contribution in [3.63, 3.8) is 0 Å². The lowest BCUT2D eigenvalue weighted by molar-refractivity contribution is 0.174. The van der Waals surface area contributed by atoms with Gasteiger partial charge in [-0.05, 0) is 42.9 Å². The van der Waals surface area contributed by atoms with Crippen molar-refractivity contribution in [2.24, 2.45) is 11.1 Å². The monoisotopic (exact) mass is 359 g/mol. The van der Waals surface area contributed by atoms with E-state index in [1.54, 1.807) is 4.90 Å². The average Bonchev–Trinajstić information content (AvgIpc) is 2.46. The highest BCUT2D eigenvalue weighted by molar-refractivity contribution is 7.89. The number of nitrogens with zero attached hydrogens (tertiary/aromatic N) is 1. The number of nitrogens with one attached hydrogen (secondary N) is 1. The molecule has 1 fully saturated rings. The molecule has 0 bridgehead atoms. The molecule has 0 radical (unpaired) electrons. The minimum absolute atomic E-state index is 0.00275. The molecule has 0 atom stereocenters. The SMILES string of the molecule is NS(=O)(=O)CC1CCN(C(=O)NCCc2cccc(Cl)c2)CC1. The highest BCUT2D eigenvalue weighted by Crippen LogP contribution is 2.18. The van der Waals surface area contributed by atoms with Crippen LogP contribution in [0.4, 0.5) is 4.79 Å². The van der Waals surface area contributed by atoms with Crippen molar-refractivity contribution in [3.8, 4) is 0 Å². The first-order valence-corrected chi connectivity index (χ1v) is 9.70. The molecule has 128 valence electrons. The van der Waals surface area contributed by atoms with Crippen LogP contribution >= 0.6 is 11.6 Å². The van der Waals surface area contributed by atoms with E-state index in [1.807, 2.05) is 24.3 Å². The lowest BCUT2D eigenvalue weighted by Crippen LogP contribution is -2.46. The minimum Gasteiger partial charge on any atom is -0.338 e. The zero-order valence-electron chi connectivity index (χ0n) is 12.9. The van der Waals surface area contributed by atoms with E-state index in [9.17, 15) is 13.2 Å². The normalized spacial score (nSPS) is 16.3. The van der Waals surface area contributed by atoms with E-state index < -0.39 is 10.0 Å². The molecule has 1 saturated heterocycles. The van der Waals surface area contributed by atoms with Gasteiger partial charge in [-0.1, -0.05) is 23.7 Å². The molecule has 1 aromatic rings. The number of nitrogens with two attached hydrogens (primary N) is 1. The number of halogens is 1. The molecule has 6 nitrogen and oxygen atoms in total. The number of carbonyl (C=O) groups excluding carboxylic acids is 1. The summed E-state index contributed by atoms with van der Waals surface area (Å²) in [6.07, 6.45) is 2.05. The second-order valence-corrected chi connectivity index (χ2v) is 7.97. The maximum atomic E-state index is 12.1. The molecule has 0 saturated carbocycles. The van der Waals surface area contributed by atoms with Crippen LogP contribution < -0.4 is 10.5 Å². The molecule has 8 heteroatoms. The minimum atomic E-state index is -3.44. The van der Waals surface area contributed by atoms with Gasteiger partial charge in [0.25, 0.3) is 0 Å². The number of benzene rings is 1. The van der Waals surface area contributed by atoms with E-state index in [-0.39, 0.29) is 17.7 Å². The van der Waals surface area contributed by atoms with Gasteiger partial charge in [0.1, 0.15) is 0 Å². The zero-order chi connectivity index (χ0) is 16.9. The first-order chi connectivity index (χ1) is 10.8. The predicted octanol–water partition coefficient (Wildman–Crippen LogP) is 1.59. The van der Waals surface area contributed by atoms with Crippen LogP contribution in [0.2, 0.25) is 5.02 Å². The fraction of sp³-hybridized carbons (Fsp3) is 0.533. The van der Waals surface area contributed by atoms with E-state index in [0.717, 1.165) is 5.56 Å². The van der Waals surface area contributed by atoms with Gasteiger partial charge >= 0.3 is 6.03 Å². The molecule has 1 heterocycles. The molecule has 2 rings (SSSR count). The van der Waals surface area contributed by atoms with Crippen LogP contribution in [0.3, 0.4) is 0 Å². The third-order valence-electron chi connectivity index (χ3n) is 3.95. The standard InChI is InChI=1S/C15H22ClN3O3S/c16-14-3-1-2-12(10-14)4-7-18-15(20)19-8-5-13(6-9-19)11-23(17,21)22/h1-3,10,13H,4-9,11H2,(H,18,20)(H2,17,21,22). The second kappa shape index (κ2) is 7.99. The smallest absolute Gasteiger partial charge is 0.317 e. The lowest BCUT2D eigenvalue weighted by atomic mass is 9.99. The van der Waals surface area contributed by atoms with Gasteiger partial charge in [0.2, 0.25) is 10.0 Å². The molecule has 2 amide bonds. The fourth-order valence-electron chi connectivity index (χ4n) is 2.75. The molecule has 0 aliphatic carbocycles. The molecule has 0 aromatic heterocycles. The molecule has 3 N–H and O–H groups in total. The number of hydrogen-bond donors (Lipinski definition) is 2. The van der Waals surface area contributed by atoms with Gasteiger partial charge in [-0.2, -0.15) is 0 Å². The van der Waals surface area contributed by atoms with E-state index in [2.05, 4.69) is 5.32 Å². The van der Waals surface area contributed by atoms with Crippen LogP contribution in [-0.4, -0.2) is 44.7 Å². The Morgan fingerprint density at radius 2 is 2.04 bits per heavy atom. The second-order valence-electron chi connectivity index (χ2n) is 5.87. The number of carbonyl (C=O) groups is 1. The Bertz CT molecular complexity index is 643. The van der Waals surface area contributed by atoms with Crippen LogP contribution in [0.25, 0.3) is 0 Å². The fourth-order valence-corrected chi connectivity index (χ4v) is 3.95. The predicted molar refractivity (Wildman–Crippen MR) is 90.8 cm³/mol. The summed E-state index contributed by atoms with van der Waals surface area (Å²) in [6, 6.07) is 7.44. The Morgan fingerprint density at radius 1 is 1.35 bits per heavy atom. The first kappa shape index (κ1) is 18.0. The van der Waals surface area contributed by atoms with Crippen LogP contribution in [0, 0.1) is 5.92 Å². The highest BCUT2D eigenvalue weighted by atomic mass is 35.5. The van der Waals surface area contributed by atoms with E-state index in [1.165, 1.54) is 0 Å². The average molecular weight is 360 g/mol. The van der Waals surface area contributed by atoms with E-state index in [0.29, 0.717) is 43.9 Å². The van der Waals surface area contributed by atoms with Crippen molar-refractivity contribution < 1.29 is 13.2 Å². The zero-order valence-corrected chi connectivity index (χ0v) is 14.4. The van der Waals surface area contributed by atoms with Crippen molar-refractivity contribution in [1.29, 1.82) is 0 Å². The summed E-state index contributed by atoms with van der Waals surface area (Å²) in [5.41, 5.74) is 1.07. The van der Waals surface area contributed by atoms with Gasteiger partial charge < -0.3 is 10.2 Å². The number of piperidine rings is 1. The van der Waals surface area contributed by atoms with Crippen LogP contribution in [0.15, 0.2) is 24.3 Å². The van der Waals surface area contributed by atoms with Gasteiger partial charge in [-0.3, -0.25) is 0 Å². The molecule has 1 aliphatic rings. The Balaban J connectivity index is 1.71. The molecule has 0 spiro atoms. The Morgan fingerprint density at radius 3 is 2.65 bits per heavy atom. The van der Waals surface area contributed by atoms with Gasteiger partial charge in [-0.25, -0.2) is 18.4 Å². The van der Waals surface area contributed by atoms with Crippen molar-refractivity contribution in [2.75, 3.05) is 25.4 Å². The summed E-state index contributed by atoms with van der Waals surface area (Å²) in [5, 5.41) is 8.63. The van der Waals surface area contributed by atoms with Crippen LogP contribution in [0.1, 0.15) is 18.4 Å². The topological polar surface area (TPSA) is 92.5 Å². The van der Waals surface area contributed by atoms with Gasteiger partial charge in [0, 0.05) is 24.7 Å².